The third-order valence-corrected chi connectivity index (χ3v) is 4.59. The fourth-order valence-corrected chi connectivity index (χ4v) is 3.23. The number of para-hydroxylation sites is 1. The van der Waals surface area contributed by atoms with Crippen molar-refractivity contribution in [2.24, 2.45) is 5.92 Å². The van der Waals surface area contributed by atoms with Gasteiger partial charge < -0.3 is 10.6 Å². The minimum absolute atomic E-state index is 0.0756. The second-order valence-electron chi connectivity index (χ2n) is 6.87. The van der Waals surface area contributed by atoms with E-state index in [1.807, 2.05) is 13.8 Å². The molecule has 2 amide bonds. The zero-order chi connectivity index (χ0) is 20.0. The van der Waals surface area contributed by atoms with Crippen LogP contribution in [0.3, 0.4) is 0 Å². The zero-order valence-corrected chi connectivity index (χ0v) is 16.5. The molecule has 2 rings (SSSR count). The van der Waals surface area contributed by atoms with Gasteiger partial charge in [-0.25, -0.2) is 8.42 Å². The van der Waals surface area contributed by atoms with Crippen LogP contribution in [0.25, 0.3) is 0 Å². The van der Waals surface area contributed by atoms with Crippen LogP contribution in [0.15, 0.2) is 48.5 Å². The number of carbonyl (C=O) groups excluding carboxylic acids is 2. The maximum atomic E-state index is 12.5. The van der Waals surface area contributed by atoms with Gasteiger partial charge in [-0.15, -0.1) is 0 Å². The van der Waals surface area contributed by atoms with Crippen LogP contribution in [0.2, 0.25) is 0 Å². The molecule has 0 bridgehead atoms. The molecule has 0 aliphatic rings. The van der Waals surface area contributed by atoms with Gasteiger partial charge in [0.2, 0.25) is 0 Å². The van der Waals surface area contributed by atoms with E-state index in [1.165, 1.54) is 0 Å². The zero-order valence-electron chi connectivity index (χ0n) is 15.7. The molecule has 0 atom stereocenters. The van der Waals surface area contributed by atoms with E-state index in [-0.39, 0.29) is 17.6 Å². The lowest BCUT2D eigenvalue weighted by atomic mass is 10.1. The first-order valence-corrected chi connectivity index (χ1v) is 10.7. The van der Waals surface area contributed by atoms with Crippen LogP contribution < -0.4 is 10.6 Å². The van der Waals surface area contributed by atoms with Crippen molar-refractivity contribution in [2.45, 2.75) is 19.6 Å². The standard InChI is InChI=1S/C20H24N2O4S/c1-14(2)12-21-20(24)17-6-4-5-7-18(17)22-19(23)16-10-8-15(9-11-16)13-27(3,25)26/h4-11,14H,12-13H2,1-3H3,(H,21,24)(H,22,23). The van der Waals surface area contributed by atoms with Gasteiger partial charge in [0, 0.05) is 18.4 Å². The Hall–Kier alpha value is -2.67. The summed E-state index contributed by atoms with van der Waals surface area (Å²) in [6, 6.07) is 13.1. The Morgan fingerprint density at radius 1 is 0.963 bits per heavy atom. The van der Waals surface area contributed by atoms with E-state index in [1.54, 1.807) is 48.5 Å². The Labute approximate surface area is 159 Å². The van der Waals surface area contributed by atoms with Crippen LogP contribution in [-0.2, 0) is 15.6 Å². The largest absolute Gasteiger partial charge is 0.352 e. The van der Waals surface area contributed by atoms with Gasteiger partial charge in [0.25, 0.3) is 11.8 Å². The van der Waals surface area contributed by atoms with Gasteiger partial charge in [-0.2, -0.15) is 0 Å². The van der Waals surface area contributed by atoms with Crippen LogP contribution in [0.1, 0.15) is 40.1 Å². The summed E-state index contributed by atoms with van der Waals surface area (Å²) in [6.07, 6.45) is 1.16. The molecule has 0 spiro atoms. The van der Waals surface area contributed by atoms with Gasteiger partial charge in [-0.3, -0.25) is 9.59 Å². The summed E-state index contributed by atoms with van der Waals surface area (Å²) in [7, 11) is -3.13. The molecule has 0 aliphatic heterocycles. The van der Waals surface area contributed by atoms with Gasteiger partial charge in [0.05, 0.1) is 17.0 Å². The predicted molar refractivity (Wildman–Crippen MR) is 107 cm³/mol. The molecule has 0 unspecified atom stereocenters. The molecule has 0 aromatic heterocycles. The van der Waals surface area contributed by atoms with Crippen LogP contribution in [-0.4, -0.2) is 33.0 Å². The minimum Gasteiger partial charge on any atom is -0.352 e. The molecule has 2 aromatic carbocycles. The van der Waals surface area contributed by atoms with Crippen molar-refractivity contribution in [3.8, 4) is 0 Å². The highest BCUT2D eigenvalue weighted by atomic mass is 32.2. The molecule has 6 nitrogen and oxygen atoms in total. The van der Waals surface area contributed by atoms with Crippen molar-refractivity contribution in [3.05, 3.63) is 65.2 Å². The van der Waals surface area contributed by atoms with E-state index in [0.717, 1.165) is 6.26 Å². The maximum Gasteiger partial charge on any atom is 0.255 e. The molecule has 0 aliphatic carbocycles. The fraction of sp³-hybridized carbons (Fsp3) is 0.300. The highest BCUT2D eigenvalue weighted by Crippen LogP contribution is 2.17. The number of carbonyl (C=O) groups is 2. The van der Waals surface area contributed by atoms with Crippen LogP contribution in [0.4, 0.5) is 5.69 Å². The van der Waals surface area contributed by atoms with E-state index in [4.69, 9.17) is 0 Å². The first kappa shape index (κ1) is 20.6. The Balaban J connectivity index is 2.13. The number of nitrogens with one attached hydrogen (secondary N) is 2. The average molecular weight is 388 g/mol. The third-order valence-electron chi connectivity index (χ3n) is 3.74. The molecular formula is C20H24N2O4S. The van der Waals surface area contributed by atoms with Crippen molar-refractivity contribution in [2.75, 3.05) is 18.1 Å². The lowest BCUT2D eigenvalue weighted by Crippen LogP contribution is -2.28. The summed E-state index contributed by atoms with van der Waals surface area (Å²) < 4.78 is 22.7. The van der Waals surface area contributed by atoms with Gasteiger partial charge in [-0.05, 0) is 35.7 Å². The normalized spacial score (nSPS) is 11.3. The molecule has 0 fully saturated rings. The summed E-state index contributed by atoms with van der Waals surface area (Å²) in [6.45, 7) is 4.55. The first-order chi connectivity index (χ1) is 12.7. The smallest absolute Gasteiger partial charge is 0.255 e. The van der Waals surface area contributed by atoms with Crippen LogP contribution in [0.5, 0.6) is 0 Å². The fourth-order valence-electron chi connectivity index (χ4n) is 2.43. The second-order valence-corrected chi connectivity index (χ2v) is 9.01. The summed E-state index contributed by atoms with van der Waals surface area (Å²) in [4.78, 5) is 24.8. The number of rotatable bonds is 7. The van der Waals surface area contributed by atoms with Gasteiger partial charge in [0.15, 0.2) is 9.84 Å². The van der Waals surface area contributed by atoms with Crippen molar-refractivity contribution < 1.29 is 18.0 Å². The Morgan fingerprint density at radius 2 is 1.59 bits per heavy atom. The number of anilines is 1. The summed E-state index contributed by atoms with van der Waals surface area (Å²) in [5.74, 6) is -0.373. The maximum absolute atomic E-state index is 12.5. The van der Waals surface area contributed by atoms with E-state index in [2.05, 4.69) is 10.6 Å². The Bertz CT molecular complexity index is 919. The summed E-state index contributed by atoms with van der Waals surface area (Å²) >= 11 is 0. The molecular weight excluding hydrogens is 364 g/mol. The van der Waals surface area contributed by atoms with Crippen LogP contribution >= 0.6 is 0 Å². The van der Waals surface area contributed by atoms with Gasteiger partial charge >= 0.3 is 0 Å². The Kier molecular flexibility index (Phi) is 6.74. The van der Waals surface area contributed by atoms with Crippen molar-refractivity contribution in [1.82, 2.24) is 5.32 Å². The number of hydrogen-bond donors (Lipinski definition) is 2. The van der Waals surface area contributed by atoms with E-state index in [9.17, 15) is 18.0 Å². The molecule has 2 aromatic rings. The highest BCUT2D eigenvalue weighted by Gasteiger charge is 2.14. The molecule has 7 heteroatoms. The van der Waals surface area contributed by atoms with Crippen molar-refractivity contribution in [3.63, 3.8) is 0 Å². The number of amides is 2. The number of hydrogen-bond acceptors (Lipinski definition) is 4. The third kappa shape index (κ3) is 6.53. The summed E-state index contributed by atoms with van der Waals surface area (Å²) in [5.41, 5.74) is 1.80. The van der Waals surface area contributed by atoms with Gasteiger partial charge in [-0.1, -0.05) is 38.1 Å². The van der Waals surface area contributed by atoms with E-state index < -0.39 is 9.84 Å². The quantitative estimate of drug-likeness (QED) is 0.763. The molecule has 0 heterocycles. The average Bonchev–Trinajstić information content (AvgIpc) is 2.59. The van der Waals surface area contributed by atoms with Crippen molar-refractivity contribution in [1.29, 1.82) is 0 Å². The summed E-state index contributed by atoms with van der Waals surface area (Å²) in [5, 5.41) is 5.58. The topological polar surface area (TPSA) is 92.3 Å². The Morgan fingerprint density at radius 3 is 2.19 bits per heavy atom. The second kappa shape index (κ2) is 8.81. The van der Waals surface area contributed by atoms with Crippen molar-refractivity contribution >= 4 is 27.3 Å². The SMILES string of the molecule is CC(C)CNC(=O)c1ccccc1NC(=O)c1ccc(CS(C)(=O)=O)cc1. The molecule has 0 saturated heterocycles. The van der Waals surface area contributed by atoms with Crippen LogP contribution in [0, 0.1) is 5.92 Å². The first-order valence-electron chi connectivity index (χ1n) is 8.61. The monoisotopic (exact) mass is 388 g/mol. The molecule has 27 heavy (non-hydrogen) atoms. The van der Waals surface area contributed by atoms with Gasteiger partial charge in [0.1, 0.15) is 0 Å². The number of benzene rings is 2. The number of sulfone groups is 1. The molecule has 0 radical (unpaired) electrons. The predicted octanol–water partition coefficient (Wildman–Crippen LogP) is 2.87. The highest BCUT2D eigenvalue weighted by molar-refractivity contribution is 7.89. The molecule has 0 saturated carbocycles. The molecule has 144 valence electrons. The van der Waals surface area contributed by atoms with E-state index in [0.29, 0.717) is 34.8 Å². The minimum atomic E-state index is -3.13. The van der Waals surface area contributed by atoms with E-state index >= 15 is 0 Å². The lowest BCUT2D eigenvalue weighted by molar-refractivity contribution is 0.0950. The lowest BCUT2D eigenvalue weighted by Gasteiger charge is -2.12. The molecule has 2 N–H and O–H groups in total.